The van der Waals surface area contributed by atoms with E-state index in [1.165, 1.54) is 24.3 Å². The molecule has 0 unspecified atom stereocenters. The summed E-state index contributed by atoms with van der Waals surface area (Å²) >= 11 is 0. The number of benzene rings is 1. The maximum atomic E-state index is 11.7. The van der Waals surface area contributed by atoms with Gasteiger partial charge in [0.05, 0.1) is 5.69 Å². The standard InChI is InChI=1S/C13H17N2O6/c1-13(2,3)21-12(18)14-10(11(16)17)8-6-4-5-7-9(8)15(19)20/h4-7,10,19H,1-3H3,(H,14,18)(H,16,17)/q-1/t10-/m0/s1. The number of carbonyl (C=O) groups is 2. The summed E-state index contributed by atoms with van der Waals surface area (Å²) in [6.45, 7) is 4.89. The smallest absolute Gasteiger partial charge is 0.408 e. The van der Waals surface area contributed by atoms with Crippen LogP contribution in [0.1, 0.15) is 32.4 Å². The molecule has 21 heavy (non-hydrogen) atoms. The predicted molar refractivity (Wildman–Crippen MR) is 73.8 cm³/mol. The van der Waals surface area contributed by atoms with Gasteiger partial charge in [0.1, 0.15) is 5.60 Å². The SMILES string of the molecule is CC(C)(C)OC(=O)N[C@H](C(=O)O)c1ccccc1N([O-])O. The summed E-state index contributed by atoms with van der Waals surface area (Å²) in [4.78, 5) is 23.0. The van der Waals surface area contributed by atoms with Crippen LogP contribution in [0.4, 0.5) is 10.5 Å². The number of nitrogens with one attached hydrogen (secondary N) is 1. The molecule has 0 saturated carbocycles. The van der Waals surface area contributed by atoms with Crippen molar-refractivity contribution in [2.24, 2.45) is 0 Å². The first-order valence-corrected chi connectivity index (χ1v) is 6.09. The number of ether oxygens (including phenoxy) is 1. The number of carboxylic acids is 1. The second-order valence-electron chi connectivity index (χ2n) is 5.25. The van der Waals surface area contributed by atoms with Crippen LogP contribution in [0, 0.1) is 5.21 Å². The molecule has 116 valence electrons. The summed E-state index contributed by atoms with van der Waals surface area (Å²) in [5, 5.41) is 30.9. The summed E-state index contributed by atoms with van der Waals surface area (Å²) in [6, 6.07) is 3.95. The van der Waals surface area contributed by atoms with Crippen molar-refractivity contribution in [2.75, 3.05) is 5.23 Å². The monoisotopic (exact) mass is 297 g/mol. The first-order chi connectivity index (χ1) is 9.61. The maximum Gasteiger partial charge on any atom is 0.408 e. The molecule has 0 radical (unpaired) electrons. The Kier molecular flexibility index (Phi) is 5.12. The summed E-state index contributed by atoms with van der Waals surface area (Å²) in [5.74, 6) is -1.39. The number of hydrogen-bond donors (Lipinski definition) is 3. The fourth-order valence-corrected chi connectivity index (χ4v) is 1.60. The molecule has 1 aromatic rings. The third-order valence-corrected chi connectivity index (χ3v) is 2.36. The van der Waals surface area contributed by atoms with E-state index in [1.807, 2.05) is 0 Å². The number of alkyl carbamates (subject to hydrolysis) is 1. The van der Waals surface area contributed by atoms with Crippen molar-refractivity contribution in [3.05, 3.63) is 35.0 Å². The van der Waals surface area contributed by atoms with Crippen molar-refractivity contribution in [3.63, 3.8) is 0 Å². The molecule has 0 bridgehead atoms. The number of aliphatic carboxylic acids is 1. The fourth-order valence-electron chi connectivity index (χ4n) is 1.60. The zero-order valence-electron chi connectivity index (χ0n) is 11.9. The van der Waals surface area contributed by atoms with Crippen molar-refractivity contribution in [2.45, 2.75) is 32.4 Å². The summed E-state index contributed by atoms with van der Waals surface area (Å²) in [5.41, 5.74) is -1.14. The minimum absolute atomic E-state index is 0.0617. The van der Waals surface area contributed by atoms with Gasteiger partial charge in [-0.15, -0.1) is 0 Å². The molecular formula is C13H17N2O6-. The van der Waals surface area contributed by atoms with Crippen molar-refractivity contribution in [3.8, 4) is 0 Å². The molecule has 1 aromatic carbocycles. The number of nitrogens with zero attached hydrogens (tertiary/aromatic N) is 1. The Morgan fingerprint density at radius 2 is 1.90 bits per heavy atom. The van der Waals surface area contributed by atoms with E-state index in [4.69, 9.17) is 9.94 Å². The van der Waals surface area contributed by atoms with Gasteiger partial charge in [-0.05, 0) is 26.8 Å². The third kappa shape index (κ3) is 4.93. The highest BCUT2D eigenvalue weighted by atomic mass is 16.8. The van der Waals surface area contributed by atoms with E-state index in [9.17, 15) is 19.9 Å². The molecule has 0 aliphatic rings. The van der Waals surface area contributed by atoms with Gasteiger partial charge in [0.25, 0.3) is 0 Å². The van der Waals surface area contributed by atoms with Crippen LogP contribution in [0.25, 0.3) is 0 Å². The maximum absolute atomic E-state index is 11.7. The van der Waals surface area contributed by atoms with Crippen molar-refractivity contribution in [1.82, 2.24) is 5.32 Å². The molecule has 1 atom stereocenters. The lowest BCUT2D eigenvalue weighted by atomic mass is 10.1. The topological polar surface area (TPSA) is 122 Å². The van der Waals surface area contributed by atoms with Gasteiger partial charge in [0.15, 0.2) is 6.04 Å². The van der Waals surface area contributed by atoms with Crippen LogP contribution in [-0.4, -0.2) is 28.0 Å². The fraction of sp³-hybridized carbons (Fsp3) is 0.385. The minimum Gasteiger partial charge on any atom is -0.733 e. The van der Waals surface area contributed by atoms with Crippen LogP contribution in [0.5, 0.6) is 0 Å². The number of hydrogen-bond acceptors (Lipinski definition) is 6. The molecule has 0 saturated heterocycles. The average molecular weight is 297 g/mol. The molecule has 3 N–H and O–H groups in total. The first kappa shape index (κ1) is 16.7. The Bertz CT molecular complexity index is 524. The van der Waals surface area contributed by atoms with Gasteiger partial charge in [-0.25, -0.2) is 9.59 Å². The van der Waals surface area contributed by atoms with E-state index in [2.05, 4.69) is 5.32 Å². The number of anilines is 1. The number of carbonyl (C=O) groups excluding carboxylic acids is 1. The molecule has 0 heterocycles. The number of para-hydroxylation sites is 1. The molecular weight excluding hydrogens is 280 g/mol. The van der Waals surface area contributed by atoms with Gasteiger partial charge in [0.2, 0.25) is 0 Å². The largest absolute Gasteiger partial charge is 0.733 e. The van der Waals surface area contributed by atoms with Crippen LogP contribution in [0.15, 0.2) is 24.3 Å². The van der Waals surface area contributed by atoms with Crippen molar-refractivity contribution < 1.29 is 24.6 Å². The van der Waals surface area contributed by atoms with Gasteiger partial charge in [-0.1, -0.05) is 18.2 Å². The summed E-state index contributed by atoms with van der Waals surface area (Å²) < 4.78 is 4.97. The second kappa shape index (κ2) is 6.42. The Hall–Kier alpha value is -2.32. The van der Waals surface area contributed by atoms with Crippen LogP contribution in [0.2, 0.25) is 0 Å². The molecule has 0 spiro atoms. The van der Waals surface area contributed by atoms with Crippen LogP contribution < -0.4 is 10.5 Å². The molecule has 0 fully saturated rings. The Morgan fingerprint density at radius 1 is 1.33 bits per heavy atom. The molecule has 0 aliphatic carbocycles. The lowest BCUT2D eigenvalue weighted by Gasteiger charge is -2.27. The van der Waals surface area contributed by atoms with Gasteiger partial charge < -0.3 is 25.6 Å². The number of amides is 1. The Labute approximate surface area is 121 Å². The van der Waals surface area contributed by atoms with Gasteiger partial charge >= 0.3 is 12.1 Å². The highest BCUT2D eigenvalue weighted by molar-refractivity contribution is 5.83. The van der Waals surface area contributed by atoms with E-state index in [0.29, 0.717) is 0 Å². The average Bonchev–Trinajstić information content (AvgIpc) is 2.33. The van der Waals surface area contributed by atoms with Crippen LogP contribution in [-0.2, 0) is 9.53 Å². The zero-order chi connectivity index (χ0) is 16.2. The van der Waals surface area contributed by atoms with E-state index in [1.54, 1.807) is 20.8 Å². The molecule has 1 rings (SSSR count). The van der Waals surface area contributed by atoms with Crippen molar-refractivity contribution >= 4 is 17.7 Å². The van der Waals surface area contributed by atoms with Crippen LogP contribution in [0.3, 0.4) is 0 Å². The third-order valence-electron chi connectivity index (χ3n) is 2.36. The number of rotatable bonds is 4. The molecule has 8 heteroatoms. The summed E-state index contributed by atoms with van der Waals surface area (Å²) in [7, 11) is 0. The van der Waals surface area contributed by atoms with E-state index >= 15 is 0 Å². The van der Waals surface area contributed by atoms with E-state index in [-0.39, 0.29) is 11.3 Å². The Morgan fingerprint density at radius 3 is 2.38 bits per heavy atom. The van der Waals surface area contributed by atoms with Gasteiger partial charge in [-0.2, -0.15) is 0 Å². The van der Waals surface area contributed by atoms with Gasteiger partial charge in [0, 0.05) is 5.56 Å². The first-order valence-electron chi connectivity index (χ1n) is 6.09. The predicted octanol–water partition coefficient (Wildman–Crippen LogP) is 2.03. The normalized spacial score (nSPS) is 12.4. The lowest BCUT2D eigenvalue weighted by Crippen LogP contribution is -2.38. The Balaban J connectivity index is 3.04. The van der Waals surface area contributed by atoms with Crippen LogP contribution >= 0.6 is 0 Å². The van der Waals surface area contributed by atoms with Gasteiger partial charge in [-0.3, -0.25) is 5.21 Å². The van der Waals surface area contributed by atoms with Crippen molar-refractivity contribution in [1.29, 1.82) is 0 Å². The lowest BCUT2D eigenvalue weighted by molar-refractivity contribution is -0.139. The van der Waals surface area contributed by atoms with E-state index in [0.717, 1.165) is 0 Å². The number of carboxylic acid groups (broad SMARTS) is 1. The molecule has 8 nitrogen and oxygen atoms in total. The second-order valence-corrected chi connectivity index (χ2v) is 5.25. The highest BCUT2D eigenvalue weighted by Gasteiger charge is 2.27. The quantitative estimate of drug-likeness (QED) is 0.726. The molecule has 1 amide bonds. The van der Waals surface area contributed by atoms with E-state index < -0.39 is 28.9 Å². The highest BCUT2D eigenvalue weighted by Crippen LogP contribution is 2.25. The molecule has 0 aliphatic heterocycles. The zero-order valence-corrected chi connectivity index (χ0v) is 11.9. The minimum atomic E-state index is -1.53. The molecule has 0 aromatic heterocycles. The summed E-state index contributed by atoms with van der Waals surface area (Å²) in [6.07, 6.45) is -0.944.